The van der Waals surface area contributed by atoms with E-state index in [1.165, 1.54) is 5.51 Å². The van der Waals surface area contributed by atoms with Crippen molar-refractivity contribution in [1.82, 2.24) is 4.98 Å². The van der Waals surface area contributed by atoms with E-state index in [4.69, 9.17) is 4.43 Å². The highest BCUT2D eigenvalue weighted by Gasteiger charge is 2.35. The van der Waals surface area contributed by atoms with Crippen LogP contribution in [-0.2, 0) is 17.2 Å². The van der Waals surface area contributed by atoms with Crippen molar-refractivity contribution >= 4 is 20.4 Å². The molecule has 1 rings (SSSR count). The molecule has 0 N–H and O–H groups in total. The highest BCUT2D eigenvalue weighted by Crippen LogP contribution is 2.34. The van der Waals surface area contributed by atoms with E-state index in [1.54, 1.807) is 0 Å². The van der Waals surface area contributed by atoms with Crippen molar-refractivity contribution in [2.24, 2.45) is 0 Å². The lowest BCUT2D eigenvalue weighted by Crippen LogP contribution is -2.11. The molecule has 2 nitrogen and oxygen atoms in total. The predicted molar refractivity (Wildman–Crippen MR) is 50.8 cm³/mol. The standard InChI is InChI=1S/C7H10F3NOSSi/c1-14(2)12-3-5-6(7(8,9)10)13-4-11-5/h4,14H,3H2,1-2H3. The van der Waals surface area contributed by atoms with Crippen molar-refractivity contribution in [2.45, 2.75) is 25.9 Å². The van der Waals surface area contributed by atoms with Crippen molar-refractivity contribution in [3.63, 3.8) is 0 Å². The van der Waals surface area contributed by atoms with Gasteiger partial charge in [-0.2, -0.15) is 13.2 Å². The third-order valence-corrected chi connectivity index (χ3v) is 3.20. The smallest absolute Gasteiger partial charge is 0.415 e. The molecule has 0 aliphatic heterocycles. The van der Waals surface area contributed by atoms with Gasteiger partial charge in [0.1, 0.15) is 4.88 Å². The van der Waals surface area contributed by atoms with Gasteiger partial charge in [0.25, 0.3) is 0 Å². The summed E-state index contributed by atoms with van der Waals surface area (Å²) in [6.07, 6.45) is -4.31. The van der Waals surface area contributed by atoms with Gasteiger partial charge < -0.3 is 4.43 Å². The molecule has 0 fully saturated rings. The average Bonchev–Trinajstić information content (AvgIpc) is 2.46. The Balaban J connectivity index is 2.73. The second-order valence-corrected chi connectivity index (χ2v) is 6.27. The Bertz CT molecular complexity index is 299. The third kappa shape index (κ3) is 3.07. The van der Waals surface area contributed by atoms with E-state index < -0.39 is 20.1 Å². The molecule has 1 heterocycles. The first kappa shape index (κ1) is 11.7. The number of halogens is 3. The molecule has 0 bridgehead atoms. The summed E-state index contributed by atoms with van der Waals surface area (Å²) in [5.74, 6) is 0. The minimum Gasteiger partial charge on any atom is -0.415 e. The Morgan fingerprint density at radius 2 is 2.14 bits per heavy atom. The largest absolute Gasteiger partial charge is 0.427 e. The zero-order chi connectivity index (χ0) is 10.8. The molecule has 0 aliphatic rings. The van der Waals surface area contributed by atoms with Gasteiger partial charge in [-0.05, 0) is 13.1 Å². The molecule has 0 saturated carbocycles. The second kappa shape index (κ2) is 4.41. The Hall–Kier alpha value is -0.403. The molecule has 0 aromatic carbocycles. The molecule has 1 aromatic heterocycles. The van der Waals surface area contributed by atoms with Gasteiger partial charge in [-0.15, -0.1) is 11.3 Å². The zero-order valence-corrected chi connectivity index (χ0v) is 9.73. The summed E-state index contributed by atoms with van der Waals surface area (Å²) in [4.78, 5) is 3.00. The van der Waals surface area contributed by atoms with E-state index in [0.29, 0.717) is 11.3 Å². The van der Waals surface area contributed by atoms with Crippen LogP contribution in [0, 0.1) is 0 Å². The fourth-order valence-corrected chi connectivity index (χ4v) is 2.01. The van der Waals surface area contributed by atoms with E-state index in [0.717, 1.165) is 0 Å². The van der Waals surface area contributed by atoms with Crippen molar-refractivity contribution in [3.8, 4) is 0 Å². The summed E-state index contributed by atoms with van der Waals surface area (Å²) in [6, 6.07) is 0. The van der Waals surface area contributed by atoms with Gasteiger partial charge in [0.15, 0.2) is 9.04 Å². The van der Waals surface area contributed by atoms with E-state index in [2.05, 4.69) is 4.98 Å². The zero-order valence-electron chi connectivity index (χ0n) is 7.76. The van der Waals surface area contributed by atoms with Crippen LogP contribution in [0.25, 0.3) is 0 Å². The van der Waals surface area contributed by atoms with Crippen LogP contribution in [0.4, 0.5) is 13.2 Å². The Kier molecular flexibility index (Phi) is 3.68. The normalized spacial score (nSPS) is 12.4. The third-order valence-electron chi connectivity index (χ3n) is 1.45. The summed E-state index contributed by atoms with van der Waals surface area (Å²) in [5.41, 5.74) is 1.20. The van der Waals surface area contributed by atoms with Crippen LogP contribution in [0.2, 0.25) is 13.1 Å². The van der Waals surface area contributed by atoms with Gasteiger partial charge in [-0.3, -0.25) is 0 Å². The number of hydrogen-bond donors (Lipinski definition) is 0. The van der Waals surface area contributed by atoms with Gasteiger partial charge in [0.05, 0.1) is 17.8 Å². The topological polar surface area (TPSA) is 22.1 Å². The molecule has 0 spiro atoms. The molecule has 0 amide bonds. The molecule has 0 aliphatic carbocycles. The van der Waals surface area contributed by atoms with Gasteiger partial charge in [-0.25, -0.2) is 4.98 Å². The van der Waals surface area contributed by atoms with Crippen LogP contribution in [0.1, 0.15) is 10.6 Å². The Morgan fingerprint density at radius 3 is 2.64 bits per heavy atom. The lowest BCUT2D eigenvalue weighted by atomic mass is 10.4. The maximum Gasteiger partial charge on any atom is 0.427 e. The number of alkyl halides is 3. The highest BCUT2D eigenvalue weighted by atomic mass is 32.1. The molecule has 0 unspecified atom stereocenters. The van der Waals surface area contributed by atoms with Crippen molar-refractivity contribution in [2.75, 3.05) is 0 Å². The first-order valence-corrected chi connectivity index (χ1v) is 7.68. The first-order valence-electron chi connectivity index (χ1n) is 4.02. The van der Waals surface area contributed by atoms with Crippen LogP contribution in [0.15, 0.2) is 5.51 Å². The number of aromatic nitrogens is 1. The van der Waals surface area contributed by atoms with Crippen molar-refractivity contribution < 1.29 is 17.6 Å². The van der Waals surface area contributed by atoms with Crippen LogP contribution in [0.5, 0.6) is 0 Å². The molecule has 14 heavy (non-hydrogen) atoms. The Morgan fingerprint density at radius 1 is 1.50 bits per heavy atom. The average molecular weight is 241 g/mol. The lowest BCUT2D eigenvalue weighted by molar-refractivity contribution is -0.135. The predicted octanol–water partition coefficient (Wildman–Crippen LogP) is 2.66. The minimum atomic E-state index is -4.31. The van der Waals surface area contributed by atoms with E-state index in [-0.39, 0.29) is 12.3 Å². The molecular weight excluding hydrogens is 231 g/mol. The van der Waals surface area contributed by atoms with Crippen LogP contribution in [0.3, 0.4) is 0 Å². The lowest BCUT2D eigenvalue weighted by Gasteiger charge is -2.08. The molecule has 1 aromatic rings. The maximum atomic E-state index is 12.3. The number of thiazole rings is 1. The molecule has 0 saturated heterocycles. The molecule has 80 valence electrons. The minimum absolute atomic E-state index is 0.00343. The summed E-state index contributed by atoms with van der Waals surface area (Å²) in [5, 5.41) is 0. The van der Waals surface area contributed by atoms with Crippen LogP contribution < -0.4 is 0 Å². The second-order valence-electron chi connectivity index (χ2n) is 2.99. The number of nitrogens with zero attached hydrogens (tertiary/aromatic N) is 1. The van der Waals surface area contributed by atoms with Gasteiger partial charge in [0.2, 0.25) is 0 Å². The van der Waals surface area contributed by atoms with E-state index in [1.807, 2.05) is 13.1 Å². The summed E-state index contributed by atoms with van der Waals surface area (Å²) >= 11 is 0.607. The Labute approximate surface area is 85.5 Å². The summed E-state index contributed by atoms with van der Waals surface area (Å²) in [6.45, 7) is 3.78. The fourth-order valence-electron chi connectivity index (χ4n) is 0.848. The quantitative estimate of drug-likeness (QED) is 0.759. The van der Waals surface area contributed by atoms with Gasteiger partial charge in [0, 0.05) is 0 Å². The van der Waals surface area contributed by atoms with Crippen molar-refractivity contribution in [3.05, 3.63) is 16.1 Å². The first-order chi connectivity index (χ1) is 6.41. The molecule has 7 heteroatoms. The molecule has 0 radical (unpaired) electrons. The van der Waals surface area contributed by atoms with Crippen molar-refractivity contribution in [1.29, 1.82) is 0 Å². The monoisotopic (exact) mass is 241 g/mol. The number of rotatable bonds is 3. The van der Waals surface area contributed by atoms with Gasteiger partial charge in [-0.1, -0.05) is 0 Å². The summed E-state index contributed by atoms with van der Waals surface area (Å²) in [7, 11) is -1.29. The van der Waals surface area contributed by atoms with E-state index >= 15 is 0 Å². The maximum absolute atomic E-state index is 12.3. The number of hydrogen-bond acceptors (Lipinski definition) is 3. The highest BCUT2D eigenvalue weighted by molar-refractivity contribution is 7.09. The molecule has 0 atom stereocenters. The van der Waals surface area contributed by atoms with E-state index in [9.17, 15) is 13.2 Å². The van der Waals surface area contributed by atoms with Gasteiger partial charge >= 0.3 is 6.18 Å². The van der Waals surface area contributed by atoms with Crippen LogP contribution in [-0.4, -0.2) is 14.0 Å². The molecular formula is C7H10F3NOSSi. The fraction of sp³-hybridized carbons (Fsp3) is 0.571. The summed E-state index contributed by atoms with van der Waals surface area (Å²) < 4.78 is 42.2. The SMILES string of the molecule is C[SiH](C)OCc1ncsc1C(F)(F)F. The van der Waals surface area contributed by atoms with Crippen LogP contribution >= 0.6 is 11.3 Å².